The number of carbonyl (C=O) groups is 1. The third-order valence-electron chi connectivity index (χ3n) is 2.72. The van der Waals surface area contributed by atoms with Crippen LogP contribution in [0.25, 0.3) is 0 Å². The van der Waals surface area contributed by atoms with E-state index in [9.17, 15) is 9.90 Å². The molecular formula is C14H19NO4. The Morgan fingerprint density at radius 3 is 2.89 bits per heavy atom. The summed E-state index contributed by atoms with van der Waals surface area (Å²) in [7, 11) is 0. The summed E-state index contributed by atoms with van der Waals surface area (Å²) in [5, 5.41) is 12.3. The van der Waals surface area contributed by atoms with Gasteiger partial charge in [-0.25, -0.2) is 4.79 Å². The van der Waals surface area contributed by atoms with Crippen LogP contribution in [-0.2, 0) is 4.74 Å². The van der Waals surface area contributed by atoms with Gasteiger partial charge in [0.25, 0.3) is 0 Å². The average Bonchev–Trinajstić information content (AvgIpc) is 2.27. The topological polar surface area (TPSA) is 67.8 Å². The first-order valence-corrected chi connectivity index (χ1v) is 6.30. The van der Waals surface area contributed by atoms with Crippen LogP contribution in [0, 0.1) is 0 Å². The van der Waals surface area contributed by atoms with Gasteiger partial charge in [0.05, 0.1) is 12.6 Å². The number of nitrogens with one attached hydrogen (secondary N) is 1. The van der Waals surface area contributed by atoms with Crippen LogP contribution in [0.3, 0.4) is 0 Å². The summed E-state index contributed by atoms with van der Waals surface area (Å²) in [5.74, 6) is 0.838. The summed E-state index contributed by atoms with van der Waals surface area (Å²) in [4.78, 5) is 11.8. The van der Waals surface area contributed by atoms with Crippen molar-refractivity contribution in [3.63, 3.8) is 0 Å². The SMILES string of the molecule is CC(C)(C)OC(=O)NC1CCOc2ccc(O)cc21. The zero-order valence-corrected chi connectivity index (χ0v) is 11.4. The summed E-state index contributed by atoms with van der Waals surface area (Å²) in [5.41, 5.74) is 0.244. The van der Waals surface area contributed by atoms with Crippen LogP contribution in [0.4, 0.5) is 4.79 Å². The molecule has 2 rings (SSSR count). The van der Waals surface area contributed by atoms with Crippen LogP contribution >= 0.6 is 0 Å². The lowest BCUT2D eigenvalue weighted by Crippen LogP contribution is -2.36. The Hall–Kier alpha value is -1.91. The van der Waals surface area contributed by atoms with E-state index in [1.807, 2.05) is 20.8 Å². The quantitative estimate of drug-likeness (QED) is 0.819. The fourth-order valence-electron chi connectivity index (χ4n) is 1.98. The van der Waals surface area contributed by atoms with E-state index in [0.29, 0.717) is 18.8 Å². The summed E-state index contributed by atoms with van der Waals surface area (Å²) < 4.78 is 10.7. The second kappa shape index (κ2) is 4.99. The van der Waals surface area contributed by atoms with Gasteiger partial charge in [0.2, 0.25) is 0 Å². The van der Waals surface area contributed by atoms with Crippen molar-refractivity contribution in [2.24, 2.45) is 0 Å². The lowest BCUT2D eigenvalue weighted by Gasteiger charge is -2.28. The molecule has 0 radical (unpaired) electrons. The van der Waals surface area contributed by atoms with Gasteiger partial charge in [0.1, 0.15) is 17.1 Å². The van der Waals surface area contributed by atoms with Crippen LogP contribution in [0.1, 0.15) is 38.8 Å². The number of fused-ring (bicyclic) bond motifs is 1. The number of carbonyl (C=O) groups excluding carboxylic acids is 1. The largest absolute Gasteiger partial charge is 0.508 e. The molecule has 19 heavy (non-hydrogen) atoms. The Bertz CT molecular complexity index is 479. The molecule has 1 unspecified atom stereocenters. The van der Waals surface area contributed by atoms with Crippen molar-refractivity contribution >= 4 is 6.09 Å². The normalized spacial score (nSPS) is 18.2. The lowest BCUT2D eigenvalue weighted by atomic mass is 10.0. The molecule has 1 aliphatic rings. The van der Waals surface area contributed by atoms with Gasteiger partial charge in [0, 0.05) is 12.0 Å². The molecule has 0 aliphatic carbocycles. The molecule has 1 amide bonds. The van der Waals surface area contributed by atoms with Gasteiger partial charge in [-0.2, -0.15) is 0 Å². The van der Waals surface area contributed by atoms with E-state index < -0.39 is 11.7 Å². The zero-order chi connectivity index (χ0) is 14.0. The second-order valence-electron chi connectivity index (χ2n) is 5.56. The Balaban J connectivity index is 2.11. The fourth-order valence-corrected chi connectivity index (χ4v) is 1.98. The number of aromatic hydroxyl groups is 1. The minimum absolute atomic E-state index is 0.153. The van der Waals surface area contributed by atoms with Crippen molar-refractivity contribution in [3.05, 3.63) is 23.8 Å². The first-order chi connectivity index (χ1) is 8.85. The van der Waals surface area contributed by atoms with Gasteiger partial charge in [-0.05, 0) is 39.0 Å². The number of alkyl carbamates (subject to hydrolysis) is 1. The summed E-state index contributed by atoms with van der Waals surface area (Å²) in [6.45, 7) is 5.97. The predicted octanol–water partition coefficient (Wildman–Crippen LogP) is 2.74. The molecule has 1 heterocycles. The molecule has 0 aromatic heterocycles. The molecule has 5 nitrogen and oxygen atoms in total. The molecule has 0 bridgehead atoms. The van der Waals surface area contributed by atoms with E-state index in [1.165, 1.54) is 0 Å². The van der Waals surface area contributed by atoms with E-state index in [0.717, 1.165) is 5.56 Å². The van der Waals surface area contributed by atoms with E-state index in [2.05, 4.69) is 5.32 Å². The molecule has 0 fully saturated rings. The number of rotatable bonds is 1. The van der Waals surface area contributed by atoms with Gasteiger partial charge < -0.3 is 19.9 Å². The maximum absolute atomic E-state index is 11.8. The van der Waals surface area contributed by atoms with Gasteiger partial charge in [-0.15, -0.1) is 0 Å². The number of phenolic OH excluding ortho intramolecular Hbond substituents is 1. The Kier molecular flexibility index (Phi) is 3.55. The third kappa shape index (κ3) is 3.53. The van der Waals surface area contributed by atoms with Crippen LogP contribution in [-0.4, -0.2) is 23.4 Å². The van der Waals surface area contributed by atoms with E-state index >= 15 is 0 Å². The van der Waals surface area contributed by atoms with Crippen molar-refractivity contribution in [2.45, 2.75) is 38.8 Å². The van der Waals surface area contributed by atoms with Crippen molar-refractivity contribution in [1.29, 1.82) is 0 Å². The first-order valence-electron chi connectivity index (χ1n) is 6.30. The second-order valence-corrected chi connectivity index (χ2v) is 5.56. The van der Waals surface area contributed by atoms with E-state index in [4.69, 9.17) is 9.47 Å². The highest BCUT2D eigenvalue weighted by Gasteiger charge is 2.25. The fraction of sp³-hybridized carbons (Fsp3) is 0.500. The number of ether oxygens (including phenoxy) is 2. The maximum Gasteiger partial charge on any atom is 0.408 e. The summed E-state index contributed by atoms with van der Waals surface area (Å²) in [6.07, 6.45) is 0.184. The van der Waals surface area contributed by atoms with Crippen molar-refractivity contribution in [2.75, 3.05) is 6.61 Å². The number of hydrogen-bond acceptors (Lipinski definition) is 4. The molecule has 1 atom stereocenters. The van der Waals surface area contributed by atoms with E-state index in [1.54, 1.807) is 18.2 Å². The molecular weight excluding hydrogens is 246 g/mol. The summed E-state index contributed by atoms with van der Waals surface area (Å²) in [6, 6.07) is 4.67. The third-order valence-corrected chi connectivity index (χ3v) is 2.72. The standard InChI is InChI=1S/C14H19NO4/c1-14(2,3)19-13(17)15-11-6-7-18-12-5-4-9(16)8-10(11)12/h4-5,8,11,16H,6-7H2,1-3H3,(H,15,17). The lowest BCUT2D eigenvalue weighted by molar-refractivity contribution is 0.0491. The van der Waals surface area contributed by atoms with Crippen molar-refractivity contribution < 1.29 is 19.4 Å². The maximum atomic E-state index is 11.8. The molecule has 1 aliphatic heterocycles. The van der Waals surface area contributed by atoms with Gasteiger partial charge in [-0.3, -0.25) is 0 Å². The molecule has 1 aromatic carbocycles. The molecule has 1 aromatic rings. The van der Waals surface area contributed by atoms with Gasteiger partial charge >= 0.3 is 6.09 Å². The predicted molar refractivity (Wildman–Crippen MR) is 70.3 cm³/mol. The monoisotopic (exact) mass is 265 g/mol. The molecule has 0 saturated heterocycles. The van der Waals surface area contributed by atoms with Crippen molar-refractivity contribution in [3.8, 4) is 11.5 Å². The van der Waals surface area contributed by atoms with Crippen LogP contribution in [0.2, 0.25) is 0 Å². The van der Waals surface area contributed by atoms with Crippen LogP contribution in [0.5, 0.6) is 11.5 Å². The van der Waals surface area contributed by atoms with Crippen LogP contribution in [0.15, 0.2) is 18.2 Å². The number of amides is 1. The smallest absolute Gasteiger partial charge is 0.408 e. The highest BCUT2D eigenvalue weighted by molar-refractivity contribution is 5.68. The number of phenols is 1. The number of hydrogen-bond donors (Lipinski definition) is 2. The van der Waals surface area contributed by atoms with Gasteiger partial charge in [0.15, 0.2) is 0 Å². The zero-order valence-electron chi connectivity index (χ0n) is 11.4. The molecule has 0 spiro atoms. The highest BCUT2D eigenvalue weighted by Crippen LogP contribution is 2.34. The minimum Gasteiger partial charge on any atom is -0.508 e. The van der Waals surface area contributed by atoms with Crippen molar-refractivity contribution in [1.82, 2.24) is 5.32 Å². The molecule has 104 valence electrons. The van der Waals surface area contributed by atoms with Crippen LogP contribution < -0.4 is 10.1 Å². The Labute approximate surface area is 112 Å². The van der Waals surface area contributed by atoms with Gasteiger partial charge in [-0.1, -0.05) is 0 Å². The molecule has 2 N–H and O–H groups in total. The Morgan fingerprint density at radius 2 is 2.21 bits per heavy atom. The molecule has 5 heteroatoms. The molecule has 0 saturated carbocycles. The minimum atomic E-state index is -0.531. The highest BCUT2D eigenvalue weighted by atomic mass is 16.6. The first kappa shape index (κ1) is 13.5. The van der Waals surface area contributed by atoms with E-state index in [-0.39, 0.29) is 11.8 Å². The average molecular weight is 265 g/mol. The Morgan fingerprint density at radius 1 is 1.47 bits per heavy atom. The summed E-state index contributed by atoms with van der Waals surface area (Å²) >= 11 is 0. The number of benzene rings is 1.